The van der Waals surface area contributed by atoms with Crippen LogP contribution in [0.5, 0.6) is 0 Å². The predicted molar refractivity (Wildman–Crippen MR) is 78.5 cm³/mol. The van der Waals surface area contributed by atoms with E-state index in [1.807, 2.05) is 6.92 Å². The smallest absolute Gasteiger partial charge is 0.240 e. The lowest BCUT2D eigenvalue weighted by atomic mass is 10.1. The molecule has 2 amide bonds. The number of hydrazone groups is 1. The molecule has 0 spiro atoms. The zero-order valence-electron chi connectivity index (χ0n) is 12.2. The van der Waals surface area contributed by atoms with Gasteiger partial charge in [0.15, 0.2) is 5.17 Å². The number of rotatable bonds is 5. The maximum absolute atomic E-state index is 11.7. The highest BCUT2D eigenvalue weighted by atomic mass is 32.2. The second-order valence-electron chi connectivity index (χ2n) is 5.00. The van der Waals surface area contributed by atoms with Crippen LogP contribution in [-0.4, -0.2) is 26.9 Å². The SMILES string of the molecule is CCCCCCC1(C)SC(NC(C)=O)=NN1C(C)=O. The molecule has 6 heteroatoms. The van der Waals surface area contributed by atoms with Gasteiger partial charge in [0.1, 0.15) is 4.87 Å². The first kappa shape index (κ1) is 16.0. The van der Waals surface area contributed by atoms with Gasteiger partial charge in [-0.2, -0.15) is 0 Å². The zero-order valence-corrected chi connectivity index (χ0v) is 13.0. The Morgan fingerprint density at radius 2 is 2.00 bits per heavy atom. The first-order valence-corrected chi connectivity index (χ1v) is 7.56. The Labute approximate surface area is 119 Å². The number of carbonyl (C=O) groups excluding carboxylic acids is 2. The molecule has 0 bridgehead atoms. The Morgan fingerprint density at radius 3 is 2.53 bits per heavy atom. The van der Waals surface area contributed by atoms with Crippen molar-refractivity contribution in [1.29, 1.82) is 0 Å². The predicted octanol–water partition coefficient (Wildman–Crippen LogP) is 2.68. The molecule has 5 nitrogen and oxygen atoms in total. The quantitative estimate of drug-likeness (QED) is 0.790. The van der Waals surface area contributed by atoms with Crippen molar-refractivity contribution in [3.63, 3.8) is 0 Å². The average molecular weight is 285 g/mol. The van der Waals surface area contributed by atoms with E-state index in [4.69, 9.17) is 0 Å². The highest BCUT2D eigenvalue weighted by Crippen LogP contribution is 2.40. The fraction of sp³-hybridized carbons (Fsp3) is 0.769. The van der Waals surface area contributed by atoms with E-state index in [9.17, 15) is 9.59 Å². The van der Waals surface area contributed by atoms with Crippen molar-refractivity contribution in [3.8, 4) is 0 Å². The summed E-state index contributed by atoms with van der Waals surface area (Å²) in [5, 5.41) is 8.88. The third-order valence-corrected chi connectivity index (χ3v) is 4.22. The number of thioether (sulfide) groups is 1. The minimum Gasteiger partial charge on any atom is -0.304 e. The summed E-state index contributed by atoms with van der Waals surface area (Å²) in [4.78, 5) is 22.4. The topological polar surface area (TPSA) is 61.8 Å². The minimum absolute atomic E-state index is 0.0918. The Balaban J connectivity index is 2.66. The normalized spacial score (nSPS) is 22.3. The van der Waals surface area contributed by atoms with Gasteiger partial charge in [0.05, 0.1) is 0 Å². The van der Waals surface area contributed by atoms with Crippen LogP contribution in [0.2, 0.25) is 0 Å². The fourth-order valence-corrected chi connectivity index (χ4v) is 3.35. The molecule has 1 heterocycles. The number of amidine groups is 1. The minimum atomic E-state index is -0.378. The third kappa shape index (κ3) is 4.53. The number of carbonyl (C=O) groups is 2. The van der Waals surface area contributed by atoms with Crippen LogP contribution in [-0.2, 0) is 9.59 Å². The zero-order chi connectivity index (χ0) is 14.5. The number of nitrogens with zero attached hydrogens (tertiary/aromatic N) is 2. The molecule has 1 unspecified atom stereocenters. The molecule has 1 atom stereocenters. The second-order valence-corrected chi connectivity index (χ2v) is 6.48. The third-order valence-electron chi connectivity index (χ3n) is 3.03. The highest BCUT2D eigenvalue weighted by Gasteiger charge is 2.41. The molecule has 0 saturated heterocycles. The van der Waals surface area contributed by atoms with E-state index in [0.717, 1.165) is 19.3 Å². The Bertz CT molecular complexity index is 384. The molecule has 108 valence electrons. The van der Waals surface area contributed by atoms with Crippen molar-refractivity contribution >= 4 is 28.7 Å². The van der Waals surface area contributed by atoms with Gasteiger partial charge in [0.2, 0.25) is 11.8 Å². The lowest BCUT2D eigenvalue weighted by Gasteiger charge is -2.30. The van der Waals surface area contributed by atoms with Crippen LogP contribution in [0.1, 0.15) is 59.8 Å². The van der Waals surface area contributed by atoms with E-state index in [0.29, 0.717) is 5.17 Å². The largest absolute Gasteiger partial charge is 0.304 e. The first-order chi connectivity index (χ1) is 8.89. The van der Waals surface area contributed by atoms with Crippen molar-refractivity contribution in [1.82, 2.24) is 10.3 Å². The number of nitrogens with one attached hydrogen (secondary N) is 1. The lowest BCUT2D eigenvalue weighted by Crippen LogP contribution is -2.40. The monoisotopic (exact) mass is 285 g/mol. The van der Waals surface area contributed by atoms with Gasteiger partial charge in [0.25, 0.3) is 0 Å². The molecule has 1 aliphatic rings. The van der Waals surface area contributed by atoms with Crippen molar-refractivity contribution in [2.24, 2.45) is 5.10 Å². The molecule has 0 aliphatic carbocycles. The van der Waals surface area contributed by atoms with Gasteiger partial charge in [0, 0.05) is 13.8 Å². The van der Waals surface area contributed by atoms with Crippen molar-refractivity contribution in [3.05, 3.63) is 0 Å². The van der Waals surface area contributed by atoms with Crippen LogP contribution < -0.4 is 5.32 Å². The lowest BCUT2D eigenvalue weighted by molar-refractivity contribution is -0.131. The highest BCUT2D eigenvalue weighted by molar-refractivity contribution is 8.15. The molecule has 0 saturated carbocycles. The van der Waals surface area contributed by atoms with Crippen LogP contribution in [0, 0.1) is 0 Å². The van der Waals surface area contributed by atoms with Crippen LogP contribution in [0.15, 0.2) is 5.10 Å². The van der Waals surface area contributed by atoms with Crippen LogP contribution in [0.4, 0.5) is 0 Å². The van der Waals surface area contributed by atoms with Gasteiger partial charge in [-0.05, 0) is 13.3 Å². The van der Waals surface area contributed by atoms with E-state index in [-0.39, 0.29) is 16.7 Å². The Morgan fingerprint density at radius 1 is 1.32 bits per heavy atom. The Kier molecular flexibility index (Phi) is 5.85. The van der Waals surface area contributed by atoms with Gasteiger partial charge < -0.3 is 5.32 Å². The number of hydrogen-bond acceptors (Lipinski definition) is 4. The van der Waals surface area contributed by atoms with Crippen molar-refractivity contribution in [2.45, 2.75) is 64.7 Å². The maximum atomic E-state index is 11.7. The summed E-state index contributed by atoms with van der Waals surface area (Å²) in [5.41, 5.74) is 0. The summed E-state index contributed by atoms with van der Waals surface area (Å²) in [6, 6.07) is 0. The summed E-state index contributed by atoms with van der Waals surface area (Å²) in [5.74, 6) is -0.254. The molecule has 0 aromatic rings. The summed E-state index contributed by atoms with van der Waals surface area (Å²) < 4.78 is 0. The molecule has 1 aliphatic heterocycles. The first-order valence-electron chi connectivity index (χ1n) is 6.75. The maximum Gasteiger partial charge on any atom is 0.240 e. The molecule has 1 rings (SSSR count). The molecule has 0 aromatic carbocycles. The standard InChI is InChI=1S/C13H23N3O2S/c1-5-6-7-8-9-13(4)16(11(3)18)15-12(19-13)14-10(2)17/h5-9H2,1-4H3,(H,14,15,17). The van der Waals surface area contributed by atoms with Gasteiger partial charge in [-0.25, -0.2) is 5.01 Å². The van der Waals surface area contributed by atoms with Crippen LogP contribution in [0.3, 0.4) is 0 Å². The van der Waals surface area contributed by atoms with E-state index in [1.54, 1.807) is 0 Å². The van der Waals surface area contributed by atoms with Gasteiger partial charge in [-0.15, -0.1) is 5.10 Å². The number of amides is 2. The average Bonchev–Trinajstić information content (AvgIpc) is 2.61. The summed E-state index contributed by atoms with van der Waals surface area (Å²) >= 11 is 1.46. The van der Waals surface area contributed by atoms with E-state index in [2.05, 4.69) is 17.3 Å². The molecule has 1 N–H and O–H groups in total. The van der Waals surface area contributed by atoms with Crippen LogP contribution in [0.25, 0.3) is 0 Å². The molecule has 0 fully saturated rings. The van der Waals surface area contributed by atoms with Gasteiger partial charge >= 0.3 is 0 Å². The summed E-state index contributed by atoms with van der Waals surface area (Å²) in [6.45, 7) is 7.12. The van der Waals surface area contributed by atoms with E-state index >= 15 is 0 Å². The molecule has 0 aromatic heterocycles. The molecular formula is C13H23N3O2S. The van der Waals surface area contributed by atoms with Crippen LogP contribution >= 0.6 is 11.8 Å². The number of unbranched alkanes of at least 4 members (excludes halogenated alkanes) is 3. The second kappa shape index (κ2) is 6.93. The fourth-order valence-electron chi connectivity index (χ4n) is 2.11. The number of hydrogen-bond donors (Lipinski definition) is 1. The molecular weight excluding hydrogens is 262 g/mol. The van der Waals surface area contributed by atoms with E-state index < -0.39 is 0 Å². The van der Waals surface area contributed by atoms with Gasteiger partial charge in [-0.1, -0.05) is 44.4 Å². The van der Waals surface area contributed by atoms with E-state index in [1.165, 1.54) is 43.5 Å². The molecule has 19 heavy (non-hydrogen) atoms. The summed E-state index contributed by atoms with van der Waals surface area (Å²) in [7, 11) is 0. The van der Waals surface area contributed by atoms with Crippen molar-refractivity contribution in [2.75, 3.05) is 0 Å². The molecule has 0 radical (unpaired) electrons. The van der Waals surface area contributed by atoms with Gasteiger partial charge in [-0.3, -0.25) is 9.59 Å². The Hall–Kier alpha value is -1.04. The summed E-state index contributed by atoms with van der Waals surface area (Å²) in [6.07, 6.45) is 5.50. The van der Waals surface area contributed by atoms with Crippen molar-refractivity contribution < 1.29 is 9.59 Å².